The van der Waals surface area contributed by atoms with Gasteiger partial charge in [-0.15, -0.1) is 11.3 Å². The molecule has 2 nitrogen and oxygen atoms in total. The molecule has 3 rings (SSSR count). The summed E-state index contributed by atoms with van der Waals surface area (Å²) in [6, 6.07) is 11.5. The molecule has 6 heteroatoms. The molecule has 2 aromatic rings. The predicted molar refractivity (Wildman–Crippen MR) is 94.1 cm³/mol. The number of benzene rings is 1. The van der Waals surface area contributed by atoms with Crippen molar-refractivity contribution in [3.05, 3.63) is 56.0 Å². The number of carbonyl (C=O) groups is 1. The number of anilines is 1. The van der Waals surface area contributed by atoms with Gasteiger partial charge in [-0.1, -0.05) is 46.0 Å². The Hall–Kier alpha value is -0.950. The molecule has 0 radical (unpaired) electrons. The van der Waals surface area contributed by atoms with E-state index in [1.807, 2.05) is 47.9 Å². The molecule has 1 saturated heterocycles. The number of nitrogens with zero attached hydrogens (tertiary/aromatic N) is 1. The van der Waals surface area contributed by atoms with Gasteiger partial charge in [0, 0.05) is 9.35 Å². The molecule has 0 atom stereocenters. The summed E-state index contributed by atoms with van der Waals surface area (Å²) in [6.45, 7) is 0. The summed E-state index contributed by atoms with van der Waals surface area (Å²) in [4.78, 5) is 15.8. The Balaban J connectivity index is 1.93. The largest absolute Gasteiger partial charge is 0.270 e. The van der Waals surface area contributed by atoms with Crippen molar-refractivity contribution in [1.29, 1.82) is 0 Å². The lowest BCUT2D eigenvalue weighted by molar-refractivity contribution is -0.113. The number of halogens is 1. The maximum Gasteiger partial charge on any atom is 0.270 e. The second kappa shape index (κ2) is 5.81. The van der Waals surface area contributed by atoms with E-state index in [0.717, 1.165) is 15.0 Å². The molecule has 1 amide bonds. The van der Waals surface area contributed by atoms with E-state index in [9.17, 15) is 4.79 Å². The maximum atomic E-state index is 12.5. The average molecular weight is 382 g/mol. The maximum absolute atomic E-state index is 12.5. The third-order valence-electron chi connectivity index (χ3n) is 2.70. The van der Waals surface area contributed by atoms with Crippen LogP contribution in [0.2, 0.25) is 0 Å². The first kappa shape index (κ1) is 14.0. The van der Waals surface area contributed by atoms with Crippen LogP contribution in [-0.4, -0.2) is 10.2 Å². The highest BCUT2D eigenvalue weighted by Gasteiger charge is 2.33. The third kappa shape index (κ3) is 2.74. The van der Waals surface area contributed by atoms with Crippen molar-refractivity contribution in [3.8, 4) is 0 Å². The molecule has 100 valence electrons. The molecule has 1 aliphatic heterocycles. The molecular formula is C14H8BrNOS3. The molecule has 0 spiro atoms. The van der Waals surface area contributed by atoms with Gasteiger partial charge in [-0.25, -0.2) is 0 Å². The average Bonchev–Trinajstić information content (AvgIpc) is 3.02. The van der Waals surface area contributed by atoms with Crippen LogP contribution in [0.3, 0.4) is 0 Å². The van der Waals surface area contributed by atoms with E-state index in [4.69, 9.17) is 12.2 Å². The zero-order chi connectivity index (χ0) is 14.1. The number of carbonyl (C=O) groups excluding carboxylic acids is 1. The van der Waals surface area contributed by atoms with Crippen LogP contribution in [0.5, 0.6) is 0 Å². The summed E-state index contributed by atoms with van der Waals surface area (Å²) in [6.07, 6.45) is 1.89. The fraction of sp³-hybridized carbons (Fsp3) is 0. The highest BCUT2D eigenvalue weighted by Crippen LogP contribution is 2.36. The molecule has 0 saturated carbocycles. The smallest absolute Gasteiger partial charge is 0.268 e. The van der Waals surface area contributed by atoms with E-state index in [1.165, 1.54) is 11.8 Å². The number of hydrogen-bond acceptors (Lipinski definition) is 4. The van der Waals surface area contributed by atoms with Gasteiger partial charge in [0.25, 0.3) is 5.91 Å². The minimum Gasteiger partial charge on any atom is -0.268 e. The van der Waals surface area contributed by atoms with Crippen LogP contribution >= 0.6 is 51.2 Å². The van der Waals surface area contributed by atoms with Crippen molar-refractivity contribution >= 4 is 73.2 Å². The highest BCUT2D eigenvalue weighted by molar-refractivity contribution is 9.10. The quantitative estimate of drug-likeness (QED) is 0.543. The SMILES string of the molecule is O=C1/C(=C\c2cccs2)SC(=S)N1c1ccc(Br)cc1. The lowest BCUT2D eigenvalue weighted by Crippen LogP contribution is -2.27. The molecule has 1 aromatic carbocycles. The molecule has 1 aliphatic rings. The number of hydrogen-bond donors (Lipinski definition) is 0. The Kier molecular flexibility index (Phi) is 4.07. The van der Waals surface area contributed by atoms with Crippen LogP contribution in [0.15, 0.2) is 51.2 Å². The van der Waals surface area contributed by atoms with Crippen LogP contribution in [0.4, 0.5) is 5.69 Å². The van der Waals surface area contributed by atoms with E-state index in [-0.39, 0.29) is 5.91 Å². The van der Waals surface area contributed by atoms with Crippen molar-refractivity contribution in [3.63, 3.8) is 0 Å². The summed E-state index contributed by atoms with van der Waals surface area (Å²) >= 11 is 11.7. The summed E-state index contributed by atoms with van der Waals surface area (Å²) in [5, 5.41) is 1.99. The minimum atomic E-state index is -0.0595. The van der Waals surface area contributed by atoms with Gasteiger partial charge in [0.2, 0.25) is 0 Å². The van der Waals surface area contributed by atoms with E-state index in [1.54, 1.807) is 16.2 Å². The van der Waals surface area contributed by atoms with Crippen molar-refractivity contribution in [2.24, 2.45) is 0 Å². The Labute approximate surface area is 138 Å². The summed E-state index contributed by atoms with van der Waals surface area (Å²) in [5.74, 6) is -0.0595. The number of thiocarbonyl (C=S) groups is 1. The van der Waals surface area contributed by atoms with Crippen molar-refractivity contribution in [1.82, 2.24) is 0 Å². The lowest BCUT2D eigenvalue weighted by Gasteiger charge is -2.14. The third-order valence-corrected chi connectivity index (χ3v) is 5.35. The molecule has 0 N–H and O–H groups in total. The monoisotopic (exact) mass is 381 g/mol. The predicted octanol–water partition coefficient (Wildman–Crippen LogP) is 4.92. The zero-order valence-corrected chi connectivity index (χ0v) is 14.1. The Morgan fingerprint density at radius 3 is 2.60 bits per heavy atom. The molecule has 1 aromatic heterocycles. The fourth-order valence-electron chi connectivity index (χ4n) is 1.78. The standard InChI is InChI=1S/C14H8BrNOS3/c15-9-3-5-10(6-4-9)16-13(17)12(20-14(16)18)8-11-2-1-7-19-11/h1-8H/b12-8+. The van der Waals surface area contributed by atoms with Crippen molar-refractivity contribution < 1.29 is 4.79 Å². The molecular weight excluding hydrogens is 374 g/mol. The van der Waals surface area contributed by atoms with Crippen LogP contribution in [-0.2, 0) is 4.79 Å². The number of thioether (sulfide) groups is 1. The Bertz CT molecular complexity index is 692. The van der Waals surface area contributed by atoms with Gasteiger partial charge in [0.05, 0.1) is 10.6 Å². The van der Waals surface area contributed by atoms with Gasteiger partial charge in [0.1, 0.15) is 0 Å². The van der Waals surface area contributed by atoms with Gasteiger partial charge in [0.15, 0.2) is 4.32 Å². The Morgan fingerprint density at radius 1 is 1.20 bits per heavy atom. The minimum absolute atomic E-state index is 0.0595. The van der Waals surface area contributed by atoms with Crippen LogP contribution in [0, 0.1) is 0 Å². The second-order valence-electron chi connectivity index (χ2n) is 4.01. The molecule has 0 bridgehead atoms. The van der Waals surface area contributed by atoms with Gasteiger partial charge in [-0.3, -0.25) is 9.69 Å². The zero-order valence-electron chi connectivity index (χ0n) is 10.1. The van der Waals surface area contributed by atoms with E-state index >= 15 is 0 Å². The summed E-state index contributed by atoms with van der Waals surface area (Å²) in [5.41, 5.74) is 0.797. The van der Waals surface area contributed by atoms with Crippen LogP contribution < -0.4 is 4.90 Å². The topological polar surface area (TPSA) is 20.3 Å². The molecule has 0 unspecified atom stereocenters. The summed E-state index contributed by atoms with van der Waals surface area (Å²) < 4.78 is 1.54. The second-order valence-corrected chi connectivity index (χ2v) is 7.58. The Morgan fingerprint density at radius 2 is 1.95 bits per heavy atom. The summed E-state index contributed by atoms with van der Waals surface area (Å²) in [7, 11) is 0. The van der Waals surface area contributed by atoms with E-state index in [2.05, 4.69) is 15.9 Å². The first-order valence-corrected chi connectivity index (χ1v) is 8.62. The van der Waals surface area contributed by atoms with Crippen LogP contribution in [0.1, 0.15) is 4.88 Å². The van der Waals surface area contributed by atoms with Gasteiger partial charge >= 0.3 is 0 Å². The van der Waals surface area contributed by atoms with Gasteiger partial charge in [-0.05, 0) is 41.8 Å². The normalized spacial score (nSPS) is 17.2. The number of amides is 1. The van der Waals surface area contributed by atoms with Crippen molar-refractivity contribution in [2.75, 3.05) is 4.90 Å². The first-order valence-electron chi connectivity index (χ1n) is 5.72. The van der Waals surface area contributed by atoms with Crippen LogP contribution in [0.25, 0.3) is 6.08 Å². The van der Waals surface area contributed by atoms with Gasteiger partial charge in [-0.2, -0.15) is 0 Å². The first-order chi connectivity index (χ1) is 9.65. The van der Waals surface area contributed by atoms with Crippen molar-refractivity contribution in [2.45, 2.75) is 0 Å². The number of rotatable bonds is 2. The lowest BCUT2D eigenvalue weighted by atomic mass is 10.3. The molecule has 1 fully saturated rings. The van der Waals surface area contributed by atoms with Gasteiger partial charge < -0.3 is 0 Å². The highest BCUT2D eigenvalue weighted by atomic mass is 79.9. The molecule has 2 heterocycles. The van der Waals surface area contributed by atoms with E-state index < -0.39 is 0 Å². The molecule has 0 aliphatic carbocycles. The fourth-order valence-corrected chi connectivity index (χ4v) is 4.07. The number of thiophene rings is 1. The van der Waals surface area contributed by atoms with E-state index in [0.29, 0.717) is 9.23 Å². The molecule has 20 heavy (non-hydrogen) atoms.